The monoisotopic (exact) mass is 275 g/mol. The molecule has 6 heteroatoms. The highest BCUT2D eigenvalue weighted by Crippen LogP contribution is 2.37. The quantitative estimate of drug-likeness (QED) is 0.913. The van der Waals surface area contributed by atoms with Gasteiger partial charge in [-0.3, -0.25) is 0 Å². The van der Waals surface area contributed by atoms with E-state index in [1.165, 1.54) is 0 Å². The molecule has 1 aromatic heterocycles. The highest BCUT2D eigenvalue weighted by molar-refractivity contribution is 5.40. The van der Waals surface area contributed by atoms with Crippen LogP contribution in [0.4, 0.5) is 0 Å². The molecule has 0 spiro atoms. The molecule has 20 heavy (non-hydrogen) atoms. The average Bonchev–Trinajstić information content (AvgIpc) is 2.97. The second-order valence-electron chi connectivity index (χ2n) is 4.78. The fourth-order valence-corrected chi connectivity index (χ4v) is 2.39. The van der Waals surface area contributed by atoms with E-state index in [-0.39, 0.29) is 12.0 Å². The van der Waals surface area contributed by atoms with E-state index in [1.807, 2.05) is 24.3 Å². The Bertz CT molecular complexity index is 585. The van der Waals surface area contributed by atoms with Crippen molar-refractivity contribution in [1.29, 1.82) is 0 Å². The number of aromatic nitrogens is 2. The number of nitrogens with two attached hydrogens (primary N) is 1. The van der Waals surface area contributed by atoms with Gasteiger partial charge in [-0.1, -0.05) is 23.4 Å². The minimum Gasteiger partial charge on any atom is -0.493 e. The number of benzene rings is 1. The van der Waals surface area contributed by atoms with Crippen molar-refractivity contribution in [2.24, 2.45) is 5.73 Å². The van der Waals surface area contributed by atoms with Crippen molar-refractivity contribution in [2.45, 2.75) is 18.4 Å². The van der Waals surface area contributed by atoms with Gasteiger partial charge in [0.05, 0.1) is 25.2 Å². The molecule has 106 valence electrons. The third-order valence-electron chi connectivity index (χ3n) is 3.39. The number of fused-ring (bicyclic) bond motifs is 1. The van der Waals surface area contributed by atoms with E-state index >= 15 is 0 Å². The minimum absolute atomic E-state index is 0.0657. The van der Waals surface area contributed by atoms with E-state index < -0.39 is 0 Å². The number of ether oxygens (including phenoxy) is 2. The van der Waals surface area contributed by atoms with Gasteiger partial charge in [0.2, 0.25) is 5.89 Å². The lowest BCUT2D eigenvalue weighted by Crippen LogP contribution is -2.18. The summed E-state index contributed by atoms with van der Waals surface area (Å²) < 4.78 is 16.0. The molecule has 1 aliphatic heterocycles. The fraction of sp³-hybridized carbons (Fsp3) is 0.429. The van der Waals surface area contributed by atoms with E-state index in [9.17, 15) is 0 Å². The van der Waals surface area contributed by atoms with Gasteiger partial charge in [-0.2, -0.15) is 4.98 Å². The van der Waals surface area contributed by atoms with Gasteiger partial charge in [-0.15, -0.1) is 0 Å². The van der Waals surface area contributed by atoms with Crippen LogP contribution in [-0.2, 0) is 4.74 Å². The summed E-state index contributed by atoms with van der Waals surface area (Å²) in [6, 6.07) is 7.55. The largest absolute Gasteiger partial charge is 0.493 e. The third-order valence-corrected chi connectivity index (χ3v) is 3.39. The highest BCUT2D eigenvalue weighted by atomic mass is 16.5. The van der Waals surface area contributed by atoms with Crippen LogP contribution in [0.15, 0.2) is 28.8 Å². The van der Waals surface area contributed by atoms with Gasteiger partial charge in [0.1, 0.15) is 5.75 Å². The molecule has 0 bridgehead atoms. The molecule has 0 radical (unpaired) electrons. The van der Waals surface area contributed by atoms with Crippen LogP contribution in [0.3, 0.4) is 0 Å². The van der Waals surface area contributed by atoms with Gasteiger partial charge in [0.25, 0.3) is 0 Å². The third kappa shape index (κ3) is 2.39. The van der Waals surface area contributed by atoms with Gasteiger partial charge in [-0.05, 0) is 12.5 Å². The predicted octanol–water partition coefficient (Wildman–Crippen LogP) is 1.63. The summed E-state index contributed by atoms with van der Waals surface area (Å²) in [5, 5.41) is 3.95. The van der Waals surface area contributed by atoms with Crippen LogP contribution in [-0.4, -0.2) is 30.5 Å². The first-order valence-electron chi connectivity index (χ1n) is 6.59. The highest BCUT2D eigenvalue weighted by Gasteiger charge is 2.28. The van der Waals surface area contributed by atoms with Crippen molar-refractivity contribution in [3.63, 3.8) is 0 Å². The zero-order valence-electron chi connectivity index (χ0n) is 11.3. The summed E-state index contributed by atoms with van der Waals surface area (Å²) in [5.41, 5.74) is 6.99. The molecule has 0 aliphatic carbocycles. The SMILES string of the molecule is COCC(N)c1noc(C2CCOc3ccccc32)n1. The Labute approximate surface area is 116 Å². The van der Waals surface area contributed by atoms with Crippen LogP contribution in [0.5, 0.6) is 5.75 Å². The molecule has 2 N–H and O–H groups in total. The van der Waals surface area contributed by atoms with Crippen LogP contribution in [0.1, 0.15) is 35.7 Å². The van der Waals surface area contributed by atoms with Crippen molar-refractivity contribution in [3.05, 3.63) is 41.5 Å². The fourth-order valence-electron chi connectivity index (χ4n) is 2.39. The van der Waals surface area contributed by atoms with E-state index in [4.69, 9.17) is 19.7 Å². The standard InChI is InChI=1S/C14H17N3O3/c1-18-8-11(15)13-16-14(20-17-13)10-6-7-19-12-5-3-2-4-9(10)12/h2-5,10-11H,6-8,15H2,1H3. The molecule has 0 fully saturated rings. The van der Waals surface area contributed by atoms with Gasteiger partial charge in [0.15, 0.2) is 5.82 Å². The number of nitrogens with zero attached hydrogens (tertiary/aromatic N) is 2. The van der Waals surface area contributed by atoms with Crippen molar-refractivity contribution in [1.82, 2.24) is 10.1 Å². The zero-order chi connectivity index (χ0) is 13.9. The molecule has 3 rings (SSSR count). The topological polar surface area (TPSA) is 83.4 Å². The second-order valence-corrected chi connectivity index (χ2v) is 4.78. The normalized spacial score (nSPS) is 19.2. The lowest BCUT2D eigenvalue weighted by Gasteiger charge is -2.22. The molecule has 2 heterocycles. The second kappa shape index (κ2) is 5.60. The van der Waals surface area contributed by atoms with E-state index in [1.54, 1.807) is 7.11 Å². The Morgan fingerprint density at radius 1 is 1.45 bits per heavy atom. The van der Waals surface area contributed by atoms with Gasteiger partial charge >= 0.3 is 0 Å². The average molecular weight is 275 g/mol. The first kappa shape index (κ1) is 13.1. The molecule has 1 aliphatic rings. The molecule has 0 amide bonds. The molecule has 2 unspecified atom stereocenters. The summed E-state index contributed by atoms with van der Waals surface area (Å²) in [6.45, 7) is 1.01. The lowest BCUT2D eigenvalue weighted by molar-refractivity contribution is 0.177. The Morgan fingerprint density at radius 2 is 2.30 bits per heavy atom. The summed E-state index contributed by atoms with van der Waals surface area (Å²) in [4.78, 5) is 4.41. The smallest absolute Gasteiger partial charge is 0.234 e. The molecule has 2 atom stereocenters. The molecular weight excluding hydrogens is 258 g/mol. The van der Waals surface area contributed by atoms with Gasteiger partial charge in [0, 0.05) is 12.7 Å². The van der Waals surface area contributed by atoms with Crippen molar-refractivity contribution >= 4 is 0 Å². The van der Waals surface area contributed by atoms with Crippen LogP contribution < -0.4 is 10.5 Å². The molecule has 0 saturated carbocycles. The molecule has 1 aromatic carbocycles. The minimum atomic E-state index is -0.368. The molecular formula is C14H17N3O3. The van der Waals surface area contributed by atoms with E-state index in [0.717, 1.165) is 17.7 Å². The molecule has 0 saturated heterocycles. The van der Waals surface area contributed by atoms with Crippen LogP contribution in [0.2, 0.25) is 0 Å². The van der Waals surface area contributed by atoms with Crippen molar-refractivity contribution in [2.75, 3.05) is 20.3 Å². The maximum Gasteiger partial charge on any atom is 0.234 e. The van der Waals surface area contributed by atoms with Crippen LogP contribution >= 0.6 is 0 Å². The Morgan fingerprint density at radius 3 is 3.15 bits per heavy atom. The summed E-state index contributed by atoms with van der Waals surface area (Å²) in [5.74, 6) is 2.01. The number of methoxy groups -OCH3 is 1. The maximum atomic E-state index is 5.91. The number of para-hydroxylation sites is 1. The number of hydrogen-bond donors (Lipinski definition) is 1. The Balaban J connectivity index is 1.87. The first-order valence-corrected chi connectivity index (χ1v) is 6.59. The summed E-state index contributed by atoms with van der Waals surface area (Å²) in [6.07, 6.45) is 0.818. The summed E-state index contributed by atoms with van der Waals surface area (Å²) in [7, 11) is 1.59. The van der Waals surface area contributed by atoms with Crippen LogP contribution in [0.25, 0.3) is 0 Å². The number of rotatable bonds is 4. The van der Waals surface area contributed by atoms with E-state index in [0.29, 0.717) is 24.9 Å². The van der Waals surface area contributed by atoms with E-state index in [2.05, 4.69) is 10.1 Å². The maximum absolute atomic E-state index is 5.91. The van der Waals surface area contributed by atoms with Gasteiger partial charge in [-0.25, -0.2) is 0 Å². The first-order chi connectivity index (χ1) is 9.79. The molecule has 6 nitrogen and oxygen atoms in total. The van der Waals surface area contributed by atoms with Crippen molar-refractivity contribution < 1.29 is 14.0 Å². The lowest BCUT2D eigenvalue weighted by atomic mass is 9.93. The Kier molecular flexibility index (Phi) is 3.66. The number of hydrogen-bond acceptors (Lipinski definition) is 6. The summed E-state index contributed by atoms with van der Waals surface area (Å²) >= 11 is 0. The van der Waals surface area contributed by atoms with Crippen molar-refractivity contribution in [3.8, 4) is 5.75 Å². The van der Waals surface area contributed by atoms with Crippen LogP contribution in [0, 0.1) is 0 Å². The zero-order valence-corrected chi connectivity index (χ0v) is 11.3. The van der Waals surface area contributed by atoms with Gasteiger partial charge < -0.3 is 19.7 Å². The Hall–Kier alpha value is -1.92. The predicted molar refractivity (Wildman–Crippen MR) is 71.5 cm³/mol. The molecule has 2 aromatic rings.